The van der Waals surface area contributed by atoms with Crippen molar-refractivity contribution in [3.63, 3.8) is 0 Å². The average Bonchev–Trinajstić information content (AvgIpc) is 1.96. The van der Waals surface area contributed by atoms with Gasteiger partial charge in [-0.1, -0.05) is 11.6 Å². The van der Waals surface area contributed by atoms with Crippen molar-refractivity contribution >= 4 is 17.6 Å². The van der Waals surface area contributed by atoms with E-state index >= 15 is 0 Å². The fraction of sp³-hybridized carbons (Fsp3) is 0.417. The molecule has 0 aromatic heterocycles. The molecule has 16 heavy (non-hydrogen) atoms. The van der Waals surface area contributed by atoms with Crippen molar-refractivity contribution in [1.82, 2.24) is 0 Å². The van der Waals surface area contributed by atoms with Gasteiger partial charge in [-0.2, -0.15) is 0 Å². The first-order valence-electron chi connectivity index (χ1n) is 4.90. The summed E-state index contributed by atoms with van der Waals surface area (Å²) in [4.78, 5) is 11.7. The van der Waals surface area contributed by atoms with E-state index in [1.165, 1.54) is 12.1 Å². The van der Waals surface area contributed by atoms with E-state index in [9.17, 15) is 9.18 Å². The van der Waals surface area contributed by atoms with Crippen molar-refractivity contribution in [2.45, 2.75) is 33.3 Å². The highest BCUT2D eigenvalue weighted by Gasteiger charge is 2.23. The van der Waals surface area contributed by atoms with Crippen LogP contribution in [0.2, 0.25) is 5.02 Å². The van der Waals surface area contributed by atoms with E-state index in [1.54, 1.807) is 27.7 Å². The molecular formula is C12H14ClFO2. The van der Waals surface area contributed by atoms with E-state index in [0.717, 1.165) is 0 Å². The van der Waals surface area contributed by atoms with E-state index in [4.69, 9.17) is 16.3 Å². The third kappa shape index (κ3) is 3.20. The van der Waals surface area contributed by atoms with E-state index in [0.29, 0.717) is 5.56 Å². The van der Waals surface area contributed by atoms with Crippen molar-refractivity contribution < 1.29 is 13.9 Å². The van der Waals surface area contributed by atoms with E-state index in [1.807, 2.05) is 0 Å². The number of hydrogen-bond acceptors (Lipinski definition) is 2. The van der Waals surface area contributed by atoms with Crippen LogP contribution in [0, 0.1) is 12.7 Å². The van der Waals surface area contributed by atoms with E-state index < -0.39 is 17.4 Å². The van der Waals surface area contributed by atoms with Crippen LogP contribution < -0.4 is 0 Å². The van der Waals surface area contributed by atoms with Crippen LogP contribution in [0.5, 0.6) is 0 Å². The molecule has 2 nitrogen and oxygen atoms in total. The number of hydrogen-bond donors (Lipinski definition) is 0. The summed E-state index contributed by atoms with van der Waals surface area (Å²) in [5.41, 5.74) is -0.213. The Kier molecular flexibility index (Phi) is 3.58. The van der Waals surface area contributed by atoms with Gasteiger partial charge in [-0.25, -0.2) is 9.18 Å². The molecule has 0 aliphatic carbocycles. The van der Waals surface area contributed by atoms with Crippen molar-refractivity contribution in [1.29, 1.82) is 0 Å². The Hall–Kier alpha value is -1.09. The number of benzene rings is 1. The molecule has 0 radical (unpaired) electrons. The predicted octanol–water partition coefficient (Wildman–Crippen LogP) is 3.74. The van der Waals surface area contributed by atoms with Crippen LogP contribution in [-0.4, -0.2) is 11.6 Å². The molecule has 0 heterocycles. The van der Waals surface area contributed by atoms with E-state index in [-0.39, 0.29) is 10.6 Å². The lowest BCUT2D eigenvalue weighted by atomic mass is 10.1. The normalized spacial score (nSPS) is 11.4. The molecule has 4 heteroatoms. The molecule has 0 N–H and O–H groups in total. The molecule has 0 unspecified atom stereocenters. The quantitative estimate of drug-likeness (QED) is 0.704. The summed E-state index contributed by atoms with van der Waals surface area (Å²) in [6, 6.07) is 2.79. The molecule has 0 spiro atoms. The lowest BCUT2D eigenvalue weighted by Gasteiger charge is -2.20. The minimum absolute atomic E-state index is 0.0757. The molecule has 0 atom stereocenters. The van der Waals surface area contributed by atoms with Gasteiger partial charge < -0.3 is 4.74 Å². The minimum Gasteiger partial charge on any atom is -0.456 e. The highest BCUT2D eigenvalue weighted by molar-refractivity contribution is 6.33. The molecule has 1 rings (SSSR count). The number of carbonyl (C=O) groups is 1. The van der Waals surface area contributed by atoms with Crippen LogP contribution in [0.15, 0.2) is 12.1 Å². The molecule has 1 aromatic carbocycles. The SMILES string of the molecule is Cc1cc(F)c(C(=O)OC(C)(C)C)c(Cl)c1. The van der Waals surface area contributed by atoms with Crippen molar-refractivity contribution in [2.75, 3.05) is 0 Å². The maximum absolute atomic E-state index is 13.6. The third-order valence-corrected chi connectivity index (χ3v) is 2.09. The first-order valence-corrected chi connectivity index (χ1v) is 5.27. The highest BCUT2D eigenvalue weighted by atomic mass is 35.5. The molecule has 0 aliphatic rings. The molecule has 0 fully saturated rings. The Morgan fingerprint density at radius 3 is 2.38 bits per heavy atom. The van der Waals surface area contributed by atoms with Gasteiger partial charge in [-0.3, -0.25) is 0 Å². The zero-order valence-corrected chi connectivity index (χ0v) is 10.5. The molecule has 0 saturated carbocycles. The zero-order chi connectivity index (χ0) is 12.5. The van der Waals surface area contributed by atoms with Crippen LogP contribution in [0.4, 0.5) is 4.39 Å². The van der Waals surface area contributed by atoms with Crippen LogP contribution in [-0.2, 0) is 4.74 Å². The van der Waals surface area contributed by atoms with Crippen molar-refractivity contribution in [3.05, 3.63) is 34.1 Å². The number of esters is 1. The molecule has 0 aliphatic heterocycles. The van der Waals surface area contributed by atoms with Gasteiger partial charge in [-0.15, -0.1) is 0 Å². The third-order valence-electron chi connectivity index (χ3n) is 1.79. The molecule has 0 saturated heterocycles. The minimum atomic E-state index is -0.741. The van der Waals surface area contributed by atoms with Crippen molar-refractivity contribution in [3.8, 4) is 0 Å². The van der Waals surface area contributed by atoms with Gasteiger partial charge in [0.2, 0.25) is 0 Å². The maximum atomic E-state index is 13.6. The fourth-order valence-corrected chi connectivity index (χ4v) is 1.56. The maximum Gasteiger partial charge on any atom is 0.343 e. The van der Waals surface area contributed by atoms with Gasteiger partial charge in [0.15, 0.2) is 0 Å². The Morgan fingerprint density at radius 1 is 1.38 bits per heavy atom. The van der Waals surface area contributed by atoms with Crippen LogP contribution in [0.1, 0.15) is 36.7 Å². The van der Waals surface area contributed by atoms with Crippen LogP contribution >= 0.6 is 11.6 Å². The highest BCUT2D eigenvalue weighted by Crippen LogP contribution is 2.24. The van der Waals surface area contributed by atoms with Crippen molar-refractivity contribution in [2.24, 2.45) is 0 Å². The first-order chi connectivity index (χ1) is 7.20. The second kappa shape index (κ2) is 4.42. The lowest BCUT2D eigenvalue weighted by molar-refractivity contribution is 0.00650. The molecule has 88 valence electrons. The van der Waals surface area contributed by atoms with Gasteiger partial charge in [-0.05, 0) is 45.4 Å². The lowest BCUT2D eigenvalue weighted by Crippen LogP contribution is -2.24. The topological polar surface area (TPSA) is 26.3 Å². The summed E-state index contributed by atoms with van der Waals surface area (Å²) in [5, 5.41) is 0.0757. The second-order valence-corrected chi connectivity index (χ2v) is 5.01. The Bertz CT molecular complexity index is 399. The number of rotatable bonds is 1. The fourth-order valence-electron chi connectivity index (χ4n) is 1.22. The number of ether oxygens (including phenoxy) is 1. The molecule has 0 bridgehead atoms. The number of aryl methyl sites for hydroxylation is 1. The van der Waals surface area contributed by atoms with Gasteiger partial charge >= 0.3 is 5.97 Å². The van der Waals surface area contributed by atoms with E-state index in [2.05, 4.69) is 0 Å². The summed E-state index contributed by atoms with van der Waals surface area (Å²) in [5.74, 6) is -1.39. The summed E-state index contributed by atoms with van der Waals surface area (Å²) in [6.07, 6.45) is 0. The Labute approximate surface area is 99.4 Å². The Morgan fingerprint density at radius 2 is 1.94 bits per heavy atom. The molecular weight excluding hydrogens is 231 g/mol. The zero-order valence-electron chi connectivity index (χ0n) is 9.73. The largest absolute Gasteiger partial charge is 0.456 e. The summed E-state index contributed by atoms with van der Waals surface area (Å²) in [6.45, 7) is 6.84. The number of carbonyl (C=O) groups excluding carboxylic acids is 1. The van der Waals surface area contributed by atoms with Gasteiger partial charge in [0.05, 0.1) is 5.02 Å². The summed E-state index contributed by atoms with van der Waals surface area (Å²) in [7, 11) is 0. The summed E-state index contributed by atoms with van der Waals surface area (Å²) >= 11 is 5.82. The van der Waals surface area contributed by atoms with Gasteiger partial charge in [0, 0.05) is 0 Å². The smallest absolute Gasteiger partial charge is 0.343 e. The molecule has 0 amide bonds. The summed E-state index contributed by atoms with van der Waals surface area (Å²) < 4.78 is 18.6. The number of halogens is 2. The molecule has 1 aromatic rings. The van der Waals surface area contributed by atoms with Crippen LogP contribution in [0.25, 0.3) is 0 Å². The standard InChI is InChI=1S/C12H14ClFO2/c1-7-5-8(13)10(9(14)6-7)11(15)16-12(2,3)4/h5-6H,1-4H3. The monoisotopic (exact) mass is 244 g/mol. The Balaban J connectivity index is 3.10. The van der Waals surface area contributed by atoms with Gasteiger partial charge in [0.1, 0.15) is 17.0 Å². The second-order valence-electron chi connectivity index (χ2n) is 4.61. The average molecular weight is 245 g/mol. The van der Waals surface area contributed by atoms with Gasteiger partial charge in [0.25, 0.3) is 0 Å². The first kappa shape index (κ1) is 13.0. The predicted molar refractivity (Wildman–Crippen MR) is 61.3 cm³/mol. The van der Waals surface area contributed by atoms with Crippen LogP contribution in [0.3, 0.4) is 0 Å².